The molecule has 3 aromatic rings. The van der Waals surface area contributed by atoms with Gasteiger partial charge in [-0.25, -0.2) is 9.67 Å². The Hall–Kier alpha value is -2.25. The number of aromatic nitrogens is 4. The standard InChI is InChI=1S/C14H9BrClN5O/c15-10-4-2-1-3-9(10)14(22)19-11-8-21(20-13(11)16)12-7-17-5-6-18-12/h1-8H,(H,19,22). The van der Waals surface area contributed by atoms with Crippen molar-refractivity contribution in [1.29, 1.82) is 0 Å². The number of rotatable bonds is 3. The highest BCUT2D eigenvalue weighted by atomic mass is 79.9. The second-order valence-electron chi connectivity index (χ2n) is 4.28. The maximum atomic E-state index is 12.3. The Morgan fingerprint density at radius 3 is 2.82 bits per heavy atom. The molecule has 1 N–H and O–H groups in total. The van der Waals surface area contributed by atoms with Crippen LogP contribution >= 0.6 is 27.5 Å². The molecule has 0 unspecified atom stereocenters. The van der Waals surface area contributed by atoms with Gasteiger partial charge in [0.1, 0.15) is 0 Å². The van der Waals surface area contributed by atoms with Crippen molar-refractivity contribution < 1.29 is 4.79 Å². The monoisotopic (exact) mass is 377 g/mol. The smallest absolute Gasteiger partial charge is 0.256 e. The van der Waals surface area contributed by atoms with Crippen molar-refractivity contribution >= 4 is 39.1 Å². The lowest BCUT2D eigenvalue weighted by molar-refractivity contribution is 0.102. The minimum atomic E-state index is -0.284. The fourth-order valence-electron chi connectivity index (χ4n) is 1.80. The average molecular weight is 379 g/mol. The van der Waals surface area contributed by atoms with E-state index in [2.05, 4.69) is 36.3 Å². The van der Waals surface area contributed by atoms with E-state index in [9.17, 15) is 4.79 Å². The molecule has 2 aromatic heterocycles. The van der Waals surface area contributed by atoms with Gasteiger partial charge >= 0.3 is 0 Å². The van der Waals surface area contributed by atoms with Gasteiger partial charge in [0.05, 0.1) is 23.6 Å². The number of nitrogens with one attached hydrogen (secondary N) is 1. The van der Waals surface area contributed by atoms with Crippen molar-refractivity contribution in [3.63, 3.8) is 0 Å². The lowest BCUT2D eigenvalue weighted by Crippen LogP contribution is -2.12. The fraction of sp³-hybridized carbons (Fsp3) is 0. The van der Waals surface area contributed by atoms with Gasteiger partial charge in [-0.2, -0.15) is 5.10 Å². The van der Waals surface area contributed by atoms with Gasteiger partial charge in [-0.05, 0) is 28.1 Å². The predicted octanol–water partition coefficient (Wildman–Crippen LogP) is 3.33. The highest BCUT2D eigenvalue weighted by molar-refractivity contribution is 9.10. The molecule has 1 aromatic carbocycles. The molecule has 2 heterocycles. The van der Waals surface area contributed by atoms with E-state index < -0.39 is 0 Å². The van der Waals surface area contributed by atoms with Gasteiger partial charge in [-0.1, -0.05) is 23.7 Å². The van der Waals surface area contributed by atoms with Crippen molar-refractivity contribution in [1.82, 2.24) is 19.7 Å². The molecule has 0 saturated carbocycles. The molecular weight excluding hydrogens is 370 g/mol. The Morgan fingerprint density at radius 2 is 2.09 bits per heavy atom. The topological polar surface area (TPSA) is 72.7 Å². The van der Waals surface area contributed by atoms with E-state index in [0.717, 1.165) is 0 Å². The van der Waals surface area contributed by atoms with Gasteiger partial charge in [-0.3, -0.25) is 9.78 Å². The van der Waals surface area contributed by atoms with Gasteiger partial charge in [0, 0.05) is 16.9 Å². The van der Waals surface area contributed by atoms with E-state index in [-0.39, 0.29) is 11.1 Å². The largest absolute Gasteiger partial charge is 0.318 e. The van der Waals surface area contributed by atoms with Crippen LogP contribution in [0.25, 0.3) is 5.82 Å². The molecule has 110 valence electrons. The summed E-state index contributed by atoms with van der Waals surface area (Å²) in [7, 11) is 0. The number of carbonyl (C=O) groups is 1. The molecule has 22 heavy (non-hydrogen) atoms. The number of benzene rings is 1. The molecule has 0 aliphatic heterocycles. The molecule has 0 fully saturated rings. The van der Waals surface area contributed by atoms with Crippen LogP contribution in [0, 0.1) is 0 Å². The molecule has 0 radical (unpaired) electrons. The van der Waals surface area contributed by atoms with E-state index in [1.807, 2.05) is 6.07 Å². The summed E-state index contributed by atoms with van der Waals surface area (Å²) in [4.78, 5) is 20.3. The number of hydrogen-bond acceptors (Lipinski definition) is 4. The third kappa shape index (κ3) is 3.00. The van der Waals surface area contributed by atoms with Crippen LogP contribution in [0.5, 0.6) is 0 Å². The third-order valence-corrected chi connectivity index (χ3v) is 3.79. The summed E-state index contributed by atoms with van der Waals surface area (Å²) >= 11 is 9.40. The zero-order chi connectivity index (χ0) is 15.5. The molecule has 0 atom stereocenters. The Kier molecular flexibility index (Phi) is 4.17. The Morgan fingerprint density at radius 1 is 1.27 bits per heavy atom. The van der Waals surface area contributed by atoms with E-state index in [1.165, 1.54) is 4.68 Å². The number of nitrogens with zero attached hydrogens (tertiary/aromatic N) is 4. The predicted molar refractivity (Wildman–Crippen MR) is 86.3 cm³/mol. The zero-order valence-corrected chi connectivity index (χ0v) is 13.4. The first-order valence-corrected chi connectivity index (χ1v) is 7.39. The highest BCUT2D eigenvalue weighted by Crippen LogP contribution is 2.23. The van der Waals surface area contributed by atoms with E-state index in [0.29, 0.717) is 21.5 Å². The van der Waals surface area contributed by atoms with Crippen LogP contribution in [-0.2, 0) is 0 Å². The van der Waals surface area contributed by atoms with E-state index in [4.69, 9.17) is 11.6 Å². The van der Waals surface area contributed by atoms with Gasteiger partial charge in [0.15, 0.2) is 11.0 Å². The van der Waals surface area contributed by atoms with E-state index >= 15 is 0 Å². The molecule has 0 spiro atoms. The molecular formula is C14H9BrClN5O. The normalized spacial score (nSPS) is 10.5. The van der Waals surface area contributed by atoms with Crippen LogP contribution in [0.3, 0.4) is 0 Å². The van der Waals surface area contributed by atoms with E-state index in [1.54, 1.807) is 43.0 Å². The molecule has 1 amide bonds. The molecule has 8 heteroatoms. The van der Waals surface area contributed by atoms with Gasteiger partial charge in [0.2, 0.25) is 0 Å². The Balaban J connectivity index is 1.86. The second kappa shape index (κ2) is 6.25. The Bertz CT molecular complexity index is 821. The molecule has 0 aliphatic carbocycles. The lowest BCUT2D eigenvalue weighted by atomic mass is 10.2. The molecule has 0 aliphatic rings. The van der Waals surface area contributed by atoms with Gasteiger partial charge in [-0.15, -0.1) is 0 Å². The van der Waals surface area contributed by atoms with Gasteiger partial charge in [0.25, 0.3) is 5.91 Å². The van der Waals surface area contributed by atoms with Crippen LogP contribution in [0.2, 0.25) is 5.15 Å². The van der Waals surface area contributed by atoms with Gasteiger partial charge < -0.3 is 5.32 Å². The van der Waals surface area contributed by atoms with Crippen LogP contribution < -0.4 is 5.32 Å². The van der Waals surface area contributed by atoms with Crippen molar-refractivity contribution in [3.05, 3.63) is 64.2 Å². The first-order valence-electron chi connectivity index (χ1n) is 6.22. The molecule has 6 nitrogen and oxygen atoms in total. The Labute approximate surface area is 139 Å². The third-order valence-electron chi connectivity index (χ3n) is 2.82. The number of amides is 1. The first-order chi connectivity index (χ1) is 10.6. The highest BCUT2D eigenvalue weighted by Gasteiger charge is 2.14. The SMILES string of the molecule is O=C(Nc1cn(-c2cnccn2)nc1Cl)c1ccccc1Br. The quantitative estimate of drug-likeness (QED) is 0.759. The van der Waals surface area contributed by atoms with Crippen LogP contribution in [0.1, 0.15) is 10.4 Å². The summed E-state index contributed by atoms with van der Waals surface area (Å²) in [5.41, 5.74) is 0.902. The summed E-state index contributed by atoms with van der Waals surface area (Å²) in [6.07, 6.45) is 6.23. The maximum Gasteiger partial charge on any atom is 0.256 e. The van der Waals surface area contributed by atoms with Crippen LogP contribution in [0.15, 0.2) is 53.5 Å². The number of hydrogen-bond donors (Lipinski definition) is 1. The zero-order valence-electron chi connectivity index (χ0n) is 11.1. The molecule has 3 rings (SSSR count). The number of halogens is 2. The average Bonchev–Trinajstić information content (AvgIpc) is 2.89. The maximum absolute atomic E-state index is 12.3. The van der Waals surface area contributed by atoms with Crippen LogP contribution in [0.4, 0.5) is 5.69 Å². The second-order valence-corrected chi connectivity index (χ2v) is 5.49. The van der Waals surface area contributed by atoms with Crippen molar-refractivity contribution in [2.75, 3.05) is 5.32 Å². The summed E-state index contributed by atoms with van der Waals surface area (Å²) in [6.45, 7) is 0. The minimum absolute atomic E-state index is 0.172. The lowest BCUT2D eigenvalue weighted by Gasteiger charge is -2.04. The number of carbonyl (C=O) groups excluding carboxylic acids is 1. The molecule has 0 saturated heterocycles. The number of anilines is 1. The van der Waals surface area contributed by atoms with Crippen LogP contribution in [-0.4, -0.2) is 25.7 Å². The fourth-order valence-corrected chi connectivity index (χ4v) is 2.44. The first kappa shape index (κ1) is 14.7. The summed E-state index contributed by atoms with van der Waals surface area (Å²) < 4.78 is 2.15. The summed E-state index contributed by atoms with van der Waals surface area (Å²) in [5, 5.41) is 7.00. The van der Waals surface area contributed by atoms with Crippen molar-refractivity contribution in [2.24, 2.45) is 0 Å². The summed E-state index contributed by atoms with van der Waals surface area (Å²) in [5.74, 6) is 0.221. The minimum Gasteiger partial charge on any atom is -0.318 e. The summed E-state index contributed by atoms with van der Waals surface area (Å²) in [6, 6.07) is 7.12. The van der Waals surface area contributed by atoms with Crippen molar-refractivity contribution in [2.45, 2.75) is 0 Å². The molecule has 0 bridgehead atoms. The van der Waals surface area contributed by atoms with Crippen molar-refractivity contribution in [3.8, 4) is 5.82 Å².